The molecule has 1 atom stereocenters. The second-order valence-electron chi connectivity index (χ2n) is 5.42. The van der Waals surface area contributed by atoms with Gasteiger partial charge in [0.2, 0.25) is 0 Å². The van der Waals surface area contributed by atoms with Gasteiger partial charge in [0.15, 0.2) is 0 Å². The van der Waals surface area contributed by atoms with Crippen LogP contribution in [0.15, 0.2) is 54.7 Å². The van der Waals surface area contributed by atoms with Gasteiger partial charge in [-0.15, -0.1) is 0 Å². The zero-order valence-corrected chi connectivity index (χ0v) is 13.2. The molecule has 1 unspecified atom stereocenters. The lowest BCUT2D eigenvalue weighted by atomic mass is 9.97. The number of nitrogens with zero attached hydrogens (tertiary/aromatic N) is 2. The molecule has 3 nitrogen and oxygen atoms in total. The van der Waals surface area contributed by atoms with Crippen LogP contribution < -0.4 is 4.90 Å². The van der Waals surface area contributed by atoms with E-state index in [1.807, 2.05) is 55.4 Å². The monoisotopic (exact) mass is 312 g/mol. The Kier molecular flexibility index (Phi) is 4.01. The molecule has 1 N–H and O–H groups in total. The van der Waals surface area contributed by atoms with Gasteiger partial charge in [0.1, 0.15) is 6.10 Å². The number of rotatable bonds is 3. The zero-order valence-electron chi connectivity index (χ0n) is 12.5. The number of anilines is 1. The minimum atomic E-state index is -0.745. The highest BCUT2D eigenvalue weighted by atomic mass is 35.5. The van der Waals surface area contributed by atoms with Gasteiger partial charge in [0.25, 0.3) is 0 Å². The quantitative estimate of drug-likeness (QED) is 0.793. The van der Waals surface area contributed by atoms with E-state index < -0.39 is 6.10 Å². The fraction of sp³-hybridized carbons (Fsp3) is 0.167. The molecule has 0 saturated heterocycles. The average molecular weight is 313 g/mol. The Morgan fingerprint density at radius 1 is 1.09 bits per heavy atom. The molecule has 0 bridgehead atoms. The Balaban J connectivity index is 2.22. The van der Waals surface area contributed by atoms with Crippen molar-refractivity contribution in [2.75, 3.05) is 19.0 Å². The van der Waals surface area contributed by atoms with Crippen LogP contribution in [0.3, 0.4) is 0 Å². The number of hydrogen-bond acceptors (Lipinski definition) is 3. The van der Waals surface area contributed by atoms with Crippen molar-refractivity contribution in [3.05, 3.63) is 70.9 Å². The molecule has 0 spiro atoms. The van der Waals surface area contributed by atoms with E-state index in [4.69, 9.17) is 11.6 Å². The lowest BCUT2D eigenvalue weighted by Crippen LogP contribution is -2.11. The highest BCUT2D eigenvalue weighted by Crippen LogP contribution is 2.34. The van der Waals surface area contributed by atoms with Crippen molar-refractivity contribution in [3.8, 4) is 0 Å². The van der Waals surface area contributed by atoms with Gasteiger partial charge >= 0.3 is 0 Å². The van der Waals surface area contributed by atoms with Crippen LogP contribution in [0.25, 0.3) is 10.9 Å². The minimum absolute atomic E-state index is 0.614. The summed E-state index contributed by atoms with van der Waals surface area (Å²) < 4.78 is 0. The molecule has 0 radical (unpaired) electrons. The summed E-state index contributed by atoms with van der Waals surface area (Å²) in [5.74, 6) is 0. The number of fused-ring (bicyclic) bond motifs is 1. The first-order valence-corrected chi connectivity index (χ1v) is 7.44. The van der Waals surface area contributed by atoms with Crippen LogP contribution in [-0.2, 0) is 0 Å². The first kappa shape index (κ1) is 14.8. The standard InChI is InChI=1S/C18H17ClN2O/c1-21(2)16-8-4-7-15-17(16)14(9-10-20-15)18(22)12-5-3-6-13(19)11-12/h3-11,18,22H,1-2H3. The van der Waals surface area contributed by atoms with Crippen LogP contribution in [0.1, 0.15) is 17.2 Å². The zero-order chi connectivity index (χ0) is 15.7. The molecule has 0 aliphatic heterocycles. The molecule has 0 aliphatic carbocycles. The maximum absolute atomic E-state index is 10.8. The number of halogens is 1. The number of benzene rings is 2. The van der Waals surface area contributed by atoms with Gasteiger partial charge < -0.3 is 10.0 Å². The van der Waals surface area contributed by atoms with Crippen molar-refractivity contribution in [2.24, 2.45) is 0 Å². The number of pyridine rings is 1. The molecule has 3 aromatic rings. The lowest BCUT2D eigenvalue weighted by molar-refractivity contribution is 0.222. The maximum Gasteiger partial charge on any atom is 0.105 e. The van der Waals surface area contributed by atoms with Crippen LogP contribution in [0.4, 0.5) is 5.69 Å². The maximum atomic E-state index is 10.8. The average Bonchev–Trinajstić information content (AvgIpc) is 2.53. The van der Waals surface area contributed by atoms with Crippen molar-refractivity contribution in [1.82, 2.24) is 4.98 Å². The molecule has 0 amide bonds. The molecule has 0 fully saturated rings. The van der Waals surface area contributed by atoms with E-state index in [9.17, 15) is 5.11 Å². The SMILES string of the molecule is CN(C)c1cccc2nccc(C(O)c3cccc(Cl)c3)c12. The second kappa shape index (κ2) is 5.95. The number of hydrogen-bond donors (Lipinski definition) is 1. The van der Waals surface area contributed by atoms with Crippen molar-refractivity contribution < 1.29 is 5.11 Å². The fourth-order valence-corrected chi connectivity index (χ4v) is 2.87. The summed E-state index contributed by atoms with van der Waals surface area (Å²) in [5.41, 5.74) is 3.50. The van der Waals surface area contributed by atoms with Crippen molar-refractivity contribution in [2.45, 2.75) is 6.10 Å². The third-order valence-corrected chi connectivity index (χ3v) is 3.95. The van der Waals surface area contributed by atoms with Gasteiger partial charge in [-0.2, -0.15) is 0 Å². The third-order valence-electron chi connectivity index (χ3n) is 3.72. The van der Waals surface area contributed by atoms with E-state index in [2.05, 4.69) is 4.98 Å². The summed E-state index contributed by atoms with van der Waals surface area (Å²) >= 11 is 6.04. The van der Waals surface area contributed by atoms with Gasteiger partial charge in [-0.05, 0) is 41.5 Å². The molecular weight excluding hydrogens is 296 g/mol. The number of aromatic nitrogens is 1. The van der Waals surface area contributed by atoms with Gasteiger partial charge in [-0.3, -0.25) is 4.98 Å². The second-order valence-corrected chi connectivity index (χ2v) is 5.86. The van der Waals surface area contributed by atoms with E-state index >= 15 is 0 Å². The molecule has 0 aliphatic rings. The Labute approximate surface area is 134 Å². The highest BCUT2D eigenvalue weighted by molar-refractivity contribution is 6.30. The van der Waals surface area contributed by atoms with E-state index in [0.717, 1.165) is 27.7 Å². The summed E-state index contributed by atoms with van der Waals surface area (Å²) in [6.07, 6.45) is 0.982. The fourth-order valence-electron chi connectivity index (χ4n) is 2.67. The molecular formula is C18H17ClN2O. The smallest absolute Gasteiger partial charge is 0.105 e. The Hall–Kier alpha value is -2.10. The first-order chi connectivity index (χ1) is 10.6. The van der Waals surface area contributed by atoms with Crippen molar-refractivity contribution >= 4 is 28.2 Å². The van der Waals surface area contributed by atoms with Crippen LogP contribution in [0, 0.1) is 0 Å². The summed E-state index contributed by atoms with van der Waals surface area (Å²) in [6.45, 7) is 0. The summed E-state index contributed by atoms with van der Waals surface area (Å²) in [4.78, 5) is 6.44. The Morgan fingerprint density at radius 2 is 1.86 bits per heavy atom. The minimum Gasteiger partial charge on any atom is -0.384 e. The molecule has 3 rings (SSSR count). The van der Waals surface area contributed by atoms with Crippen LogP contribution >= 0.6 is 11.6 Å². The van der Waals surface area contributed by atoms with Gasteiger partial charge in [0, 0.05) is 36.4 Å². The van der Waals surface area contributed by atoms with Gasteiger partial charge in [0.05, 0.1) is 5.52 Å². The summed E-state index contributed by atoms with van der Waals surface area (Å²) in [5, 5.41) is 12.4. The third kappa shape index (κ3) is 2.65. The van der Waals surface area contributed by atoms with E-state index in [1.54, 1.807) is 18.3 Å². The largest absolute Gasteiger partial charge is 0.384 e. The van der Waals surface area contributed by atoms with Crippen molar-refractivity contribution in [1.29, 1.82) is 0 Å². The number of aliphatic hydroxyl groups is 1. The topological polar surface area (TPSA) is 36.4 Å². The highest BCUT2D eigenvalue weighted by Gasteiger charge is 2.17. The van der Waals surface area contributed by atoms with Gasteiger partial charge in [-0.1, -0.05) is 29.8 Å². The predicted octanol–water partition coefficient (Wildman–Crippen LogP) is 4.04. The number of aliphatic hydroxyl groups excluding tert-OH is 1. The van der Waals surface area contributed by atoms with Gasteiger partial charge in [-0.25, -0.2) is 0 Å². The predicted molar refractivity (Wildman–Crippen MR) is 91.6 cm³/mol. The van der Waals surface area contributed by atoms with Crippen molar-refractivity contribution in [3.63, 3.8) is 0 Å². The molecule has 0 saturated carbocycles. The molecule has 2 aromatic carbocycles. The Bertz CT molecular complexity index is 812. The first-order valence-electron chi connectivity index (χ1n) is 7.06. The van der Waals surface area contributed by atoms with E-state index in [0.29, 0.717) is 5.02 Å². The van der Waals surface area contributed by atoms with E-state index in [1.165, 1.54) is 0 Å². The lowest BCUT2D eigenvalue weighted by Gasteiger charge is -2.20. The molecule has 1 aromatic heterocycles. The van der Waals surface area contributed by atoms with Crippen LogP contribution in [0.2, 0.25) is 5.02 Å². The summed E-state index contributed by atoms with van der Waals surface area (Å²) in [7, 11) is 3.97. The molecule has 112 valence electrons. The summed E-state index contributed by atoms with van der Waals surface area (Å²) in [6, 6.07) is 15.1. The van der Waals surface area contributed by atoms with Crippen LogP contribution in [0.5, 0.6) is 0 Å². The van der Waals surface area contributed by atoms with Crippen LogP contribution in [-0.4, -0.2) is 24.2 Å². The normalized spacial score (nSPS) is 12.4. The molecule has 1 heterocycles. The Morgan fingerprint density at radius 3 is 2.59 bits per heavy atom. The van der Waals surface area contributed by atoms with E-state index in [-0.39, 0.29) is 0 Å². The molecule has 4 heteroatoms. The molecule has 22 heavy (non-hydrogen) atoms.